The molecule has 134 valence electrons. The Labute approximate surface area is 152 Å². The van der Waals surface area contributed by atoms with Crippen molar-refractivity contribution in [3.05, 3.63) is 64.5 Å². The molecule has 0 saturated carbocycles. The van der Waals surface area contributed by atoms with Crippen LogP contribution in [-0.4, -0.2) is 17.7 Å². The molecule has 2 heterocycles. The van der Waals surface area contributed by atoms with Gasteiger partial charge in [-0.15, -0.1) is 0 Å². The van der Waals surface area contributed by atoms with E-state index in [4.69, 9.17) is 4.42 Å². The Morgan fingerprint density at radius 2 is 1.96 bits per heavy atom. The minimum absolute atomic E-state index is 0.0552. The van der Waals surface area contributed by atoms with Crippen LogP contribution < -0.4 is 10.3 Å². The summed E-state index contributed by atoms with van der Waals surface area (Å²) in [5, 5.41) is 11.0. The molecule has 0 amide bonds. The van der Waals surface area contributed by atoms with E-state index >= 15 is 0 Å². The smallest absolute Gasteiger partial charge is 0.200 e. The van der Waals surface area contributed by atoms with Crippen LogP contribution in [0.1, 0.15) is 31.7 Å². The van der Waals surface area contributed by atoms with Gasteiger partial charge in [-0.3, -0.25) is 4.79 Å². The Bertz CT molecular complexity index is 978. The molecule has 4 heteroatoms. The van der Waals surface area contributed by atoms with Crippen molar-refractivity contribution in [2.24, 2.45) is 0 Å². The third-order valence-corrected chi connectivity index (χ3v) is 5.59. The minimum atomic E-state index is -0.0552. The summed E-state index contributed by atoms with van der Waals surface area (Å²) in [4.78, 5) is 14.4. The first-order valence-corrected chi connectivity index (χ1v) is 9.31. The fourth-order valence-corrected chi connectivity index (χ4v) is 3.98. The summed E-state index contributed by atoms with van der Waals surface area (Å²) < 4.78 is 5.89. The summed E-state index contributed by atoms with van der Waals surface area (Å²) in [5.41, 5.74) is 2.59. The predicted octanol–water partition coefficient (Wildman–Crippen LogP) is 3.12. The number of likely N-dealkylation sites (tertiary alicyclic amines) is 1. The van der Waals surface area contributed by atoms with Crippen LogP contribution in [0.2, 0.25) is 0 Å². The van der Waals surface area contributed by atoms with Crippen molar-refractivity contribution in [2.75, 3.05) is 6.54 Å². The maximum absolute atomic E-state index is 13.0. The van der Waals surface area contributed by atoms with Crippen molar-refractivity contribution in [3.63, 3.8) is 0 Å². The number of rotatable bonds is 3. The fraction of sp³-hybridized carbons (Fsp3) is 0.318. The summed E-state index contributed by atoms with van der Waals surface area (Å²) in [6, 6.07) is 13.4. The number of phenols is 1. The molecule has 2 atom stereocenters. The Morgan fingerprint density at radius 1 is 1.15 bits per heavy atom. The Balaban J connectivity index is 1.80. The van der Waals surface area contributed by atoms with E-state index in [1.165, 1.54) is 30.4 Å². The first kappa shape index (κ1) is 16.9. The zero-order chi connectivity index (χ0) is 18.1. The third-order valence-electron chi connectivity index (χ3n) is 5.59. The molecule has 2 N–H and O–H groups in total. The van der Waals surface area contributed by atoms with E-state index in [1.54, 1.807) is 12.1 Å². The number of phenolic OH excluding ortho intramolecular Hbond substituents is 1. The van der Waals surface area contributed by atoms with Crippen LogP contribution in [0, 0.1) is 0 Å². The average Bonchev–Trinajstić information content (AvgIpc) is 2.66. The lowest BCUT2D eigenvalue weighted by molar-refractivity contribution is -0.941. The number of piperidine rings is 1. The highest BCUT2D eigenvalue weighted by atomic mass is 16.3. The standard InChI is InChI=1S/C22H23NO3/c1-15-7-5-6-12-23(15)13-18-20(24)11-10-17-21(25)19(14-26-22(17)18)16-8-3-2-4-9-16/h2-4,8-11,14-15,24H,5-7,12-13H2,1H3/p+1/t15-/m1/s1. The minimum Gasteiger partial charge on any atom is -0.507 e. The number of nitrogens with one attached hydrogen (secondary N) is 1. The lowest BCUT2D eigenvalue weighted by Gasteiger charge is -2.30. The molecule has 0 spiro atoms. The van der Waals surface area contributed by atoms with E-state index < -0.39 is 0 Å². The van der Waals surface area contributed by atoms with Crippen LogP contribution in [0.25, 0.3) is 22.1 Å². The number of quaternary nitrogens is 1. The molecule has 1 aliphatic heterocycles. The van der Waals surface area contributed by atoms with Crippen molar-refractivity contribution >= 4 is 11.0 Å². The number of hydrogen-bond donors (Lipinski definition) is 2. The van der Waals surface area contributed by atoms with Gasteiger partial charge in [-0.2, -0.15) is 0 Å². The van der Waals surface area contributed by atoms with Crippen LogP contribution in [0.5, 0.6) is 5.75 Å². The first-order valence-electron chi connectivity index (χ1n) is 9.31. The molecule has 4 rings (SSSR count). The molecule has 1 aliphatic rings. The number of fused-ring (bicyclic) bond motifs is 1. The fourth-order valence-electron chi connectivity index (χ4n) is 3.98. The Kier molecular flexibility index (Phi) is 4.51. The first-order chi connectivity index (χ1) is 12.6. The molecule has 2 aromatic carbocycles. The second-order valence-corrected chi connectivity index (χ2v) is 7.27. The molecular formula is C22H24NO3+. The van der Waals surface area contributed by atoms with Crippen molar-refractivity contribution in [2.45, 2.75) is 38.8 Å². The average molecular weight is 350 g/mol. The zero-order valence-corrected chi connectivity index (χ0v) is 15.0. The molecule has 3 aromatic rings. The molecule has 0 radical (unpaired) electrons. The molecule has 1 unspecified atom stereocenters. The maximum Gasteiger partial charge on any atom is 0.200 e. The zero-order valence-electron chi connectivity index (χ0n) is 15.0. The van der Waals surface area contributed by atoms with Gasteiger partial charge in [0.1, 0.15) is 24.1 Å². The summed E-state index contributed by atoms with van der Waals surface area (Å²) in [6.45, 7) is 4.02. The SMILES string of the molecule is C[C@@H]1CCCC[NH+]1Cc1c(O)ccc2c(=O)c(-c3ccccc3)coc12. The highest BCUT2D eigenvalue weighted by Crippen LogP contribution is 2.27. The molecule has 1 fully saturated rings. The molecule has 0 bridgehead atoms. The number of aromatic hydroxyl groups is 1. The van der Waals surface area contributed by atoms with Gasteiger partial charge in [0.15, 0.2) is 0 Å². The van der Waals surface area contributed by atoms with Crippen LogP contribution in [-0.2, 0) is 6.54 Å². The van der Waals surface area contributed by atoms with E-state index in [9.17, 15) is 9.90 Å². The molecule has 1 saturated heterocycles. The van der Waals surface area contributed by atoms with E-state index in [2.05, 4.69) is 6.92 Å². The van der Waals surface area contributed by atoms with Gasteiger partial charge in [-0.25, -0.2) is 0 Å². The normalized spacial score (nSPS) is 20.3. The Morgan fingerprint density at radius 3 is 2.73 bits per heavy atom. The van der Waals surface area contributed by atoms with Gasteiger partial charge in [0.2, 0.25) is 5.43 Å². The van der Waals surface area contributed by atoms with E-state index in [1.807, 2.05) is 30.3 Å². The monoisotopic (exact) mass is 350 g/mol. The summed E-state index contributed by atoms with van der Waals surface area (Å²) in [5.74, 6) is 0.207. The molecule has 1 aromatic heterocycles. The maximum atomic E-state index is 13.0. The molecule has 0 aliphatic carbocycles. The molecular weight excluding hydrogens is 326 g/mol. The lowest BCUT2D eigenvalue weighted by atomic mass is 10.0. The van der Waals surface area contributed by atoms with Gasteiger partial charge in [-0.05, 0) is 43.9 Å². The highest BCUT2D eigenvalue weighted by Gasteiger charge is 2.25. The van der Waals surface area contributed by atoms with E-state index in [0.29, 0.717) is 29.1 Å². The van der Waals surface area contributed by atoms with E-state index in [0.717, 1.165) is 17.7 Å². The van der Waals surface area contributed by atoms with Crippen molar-refractivity contribution in [1.82, 2.24) is 0 Å². The largest absolute Gasteiger partial charge is 0.507 e. The van der Waals surface area contributed by atoms with Crippen LogP contribution in [0.4, 0.5) is 0 Å². The van der Waals surface area contributed by atoms with Crippen molar-refractivity contribution in [3.8, 4) is 16.9 Å². The molecule has 4 nitrogen and oxygen atoms in total. The van der Waals surface area contributed by atoms with Crippen LogP contribution >= 0.6 is 0 Å². The second-order valence-electron chi connectivity index (χ2n) is 7.27. The number of benzene rings is 2. The van der Waals surface area contributed by atoms with Crippen molar-refractivity contribution in [1.29, 1.82) is 0 Å². The Hall–Kier alpha value is -2.59. The highest BCUT2D eigenvalue weighted by molar-refractivity contribution is 5.85. The summed E-state index contributed by atoms with van der Waals surface area (Å²) in [6.07, 6.45) is 5.19. The van der Waals surface area contributed by atoms with Gasteiger partial charge in [0, 0.05) is 0 Å². The third kappa shape index (κ3) is 3.01. The van der Waals surface area contributed by atoms with E-state index in [-0.39, 0.29) is 11.2 Å². The van der Waals surface area contributed by atoms with Gasteiger partial charge >= 0.3 is 0 Å². The van der Waals surface area contributed by atoms with Gasteiger partial charge in [0.25, 0.3) is 0 Å². The van der Waals surface area contributed by atoms with Crippen molar-refractivity contribution < 1.29 is 14.4 Å². The van der Waals surface area contributed by atoms with Gasteiger partial charge in [-0.1, -0.05) is 30.3 Å². The summed E-state index contributed by atoms with van der Waals surface area (Å²) in [7, 11) is 0. The summed E-state index contributed by atoms with van der Waals surface area (Å²) >= 11 is 0. The van der Waals surface area contributed by atoms with Gasteiger partial charge in [0.05, 0.1) is 29.1 Å². The quantitative estimate of drug-likeness (QED) is 0.763. The van der Waals surface area contributed by atoms with Crippen LogP contribution in [0.15, 0.2) is 57.9 Å². The number of hydrogen-bond acceptors (Lipinski definition) is 3. The lowest BCUT2D eigenvalue weighted by Crippen LogP contribution is -3.14. The topological polar surface area (TPSA) is 54.9 Å². The predicted molar refractivity (Wildman–Crippen MR) is 102 cm³/mol. The molecule has 26 heavy (non-hydrogen) atoms. The van der Waals surface area contributed by atoms with Gasteiger partial charge < -0.3 is 14.4 Å². The van der Waals surface area contributed by atoms with Crippen LogP contribution in [0.3, 0.4) is 0 Å². The second kappa shape index (κ2) is 6.96.